The van der Waals surface area contributed by atoms with Crippen LogP contribution in [0, 0.1) is 20.8 Å². The number of hydrogen-bond acceptors (Lipinski definition) is 4. The monoisotopic (exact) mass is 473 g/mol. The van der Waals surface area contributed by atoms with Gasteiger partial charge in [-0.1, -0.05) is 42.0 Å². The number of anilines is 1. The van der Waals surface area contributed by atoms with Gasteiger partial charge in [-0.15, -0.1) is 0 Å². The number of hydrogen-bond donors (Lipinski definition) is 1. The van der Waals surface area contributed by atoms with Crippen molar-refractivity contribution in [3.8, 4) is 0 Å². The number of rotatable bonds is 9. The fraction of sp³-hybridized carbons (Fsp3) is 0.440. The van der Waals surface area contributed by atoms with Gasteiger partial charge in [0, 0.05) is 12.6 Å². The van der Waals surface area contributed by atoms with Crippen LogP contribution in [-0.4, -0.2) is 50.0 Å². The molecule has 0 heterocycles. The van der Waals surface area contributed by atoms with Gasteiger partial charge in [-0.25, -0.2) is 8.42 Å². The van der Waals surface area contributed by atoms with E-state index >= 15 is 0 Å². The molecule has 2 aromatic carbocycles. The summed E-state index contributed by atoms with van der Waals surface area (Å²) in [5.74, 6) is -0.739. The van der Waals surface area contributed by atoms with Crippen LogP contribution in [0.4, 0.5) is 5.69 Å². The van der Waals surface area contributed by atoms with Crippen LogP contribution in [0.25, 0.3) is 0 Å². The predicted molar refractivity (Wildman–Crippen MR) is 133 cm³/mol. The van der Waals surface area contributed by atoms with E-state index in [1.54, 1.807) is 19.1 Å². The normalized spacial score (nSPS) is 12.4. The molecule has 0 aromatic heterocycles. The number of aryl methyl sites for hydroxylation is 2. The minimum absolute atomic E-state index is 0.0845. The standard InChI is InChI=1S/C25H35N3O4S/c1-17(2)26-25(30)21(6)27(15-22-13-11-18(3)12-14-22)24(29)16-28(33(7,31)32)23-10-8-9-19(4)20(23)5/h8-14,17,21H,15-16H2,1-7H3,(H,26,30)/t21-/m1/s1. The van der Waals surface area contributed by atoms with Crippen molar-refractivity contribution in [3.05, 3.63) is 64.7 Å². The van der Waals surface area contributed by atoms with Crippen molar-refractivity contribution >= 4 is 27.5 Å². The molecule has 0 radical (unpaired) electrons. The summed E-state index contributed by atoms with van der Waals surface area (Å²) in [4.78, 5) is 27.7. The molecule has 0 aliphatic rings. The van der Waals surface area contributed by atoms with Gasteiger partial charge in [0.1, 0.15) is 12.6 Å². The SMILES string of the molecule is Cc1ccc(CN(C(=O)CN(c2cccc(C)c2C)S(C)(=O)=O)[C@H](C)C(=O)NC(C)C)cc1. The van der Waals surface area contributed by atoms with Gasteiger partial charge in [0.2, 0.25) is 21.8 Å². The van der Waals surface area contributed by atoms with Gasteiger partial charge in [0.05, 0.1) is 11.9 Å². The first kappa shape index (κ1) is 26.4. The molecule has 8 heteroatoms. The smallest absolute Gasteiger partial charge is 0.244 e. The molecule has 2 aromatic rings. The van der Waals surface area contributed by atoms with Crippen LogP contribution in [0.15, 0.2) is 42.5 Å². The Morgan fingerprint density at radius 1 is 0.970 bits per heavy atom. The zero-order valence-electron chi connectivity index (χ0n) is 20.5. The molecule has 0 saturated carbocycles. The molecule has 7 nitrogen and oxygen atoms in total. The van der Waals surface area contributed by atoms with Crippen LogP contribution in [0.3, 0.4) is 0 Å². The molecule has 0 fully saturated rings. The lowest BCUT2D eigenvalue weighted by Crippen LogP contribution is -2.52. The Morgan fingerprint density at radius 3 is 2.12 bits per heavy atom. The molecule has 33 heavy (non-hydrogen) atoms. The Hall–Kier alpha value is -2.87. The average Bonchev–Trinajstić information content (AvgIpc) is 2.72. The Labute approximate surface area is 197 Å². The van der Waals surface area contributed by atoms with Crippen LogP contribution >= 0.6 is 0 Å². The molecule has 0 aliphatic carbocycles. The first-order valence-corrected chi connectivity index (χ1v) is 12.9. The maximum atomic E-state index is 13.5. The maximum absolute atomic E-state index is 13.5. The highest BCUT2D eigenvalue weighted by Crippen LogP contribution is 2.25. The lowest BCUT2D eigenvalue weighted by molar-refractivity contribution is -0.139. The second-order valence-electron chi connectivity index (χ2n) is 8.84. The molecule has 0 unspecified atom stereocenters. The van der Waals surface area contributed by atoms with E-state index in [9.17, 15) is 18.0 Å². The Morgan fingerprint density at radius 2 is 1.58 bits per heavy atom. The molecule has 0 saturated heterocycles. The number of nitrogens with one attached hydrogen (secondary N) is 1. The van der Waals surface area contributed by atoms with Gasteiger partial charge < -0.3 is 10.2 Å². The van der Waals surface area contributed by atoms with Gasteiger partial charge in [-0.3, -0.25) is 13.9 Å². The van der Waals surface area contributed by atoms with Crippen molar-refractivity contribution in [1.29, 1.82) is 0 Å². The van der Waals surface area contributed by atoms with Gasteiger partial charge in [0.15, 0.2) is 0 Å². The van der Waals surface area contributed by atoms with E-state index in [1.165, 1.54) is 4.90 Å². The molecule has 0 spiro atoms. The topological polar surface area (TPSA) is 86.8 Å². The number of amides is 2. The summed E-state index contributed by atoms with van der Waals surface area (Å²) in [5.41, 5.74) is 4.11. The molecule has 180 valence electrons. The third kappa shape index (κ3) is 7.05. The van der Waals surface area contributed by atoms with E-state index in [2.05, 4.69) is 5.32 Å². The average molecular weight is 474 g/mol. The highest BCUT2D eigenvalue weighted by Gasteiger charge is 2.30. The maximum Gasteiger partial charge on any atom is 0.244 e. The van der Waals surface area contributed by atoms with Crippen LogP contribution in [0.5, 0.6) is 0 Å². The molecule has 0 bridgehead atoms. The molecule has 2 rings (SSSR count). The molecule has 0 aliphatic heterocycles. The summed E-state index contributed by atoms with van der Waals surface area (Å²) >= 11 is 0. The first-order chi connectivity index (χ1) is 15.3. The lowest BCUT2D eigenvalue weighted by Gasteiger charge is -2.32. The number of benzene rings is 2. The Kier molecular flexibility index (Phi) is 8.66. The van der Waals surface area contributed by atoms with Gasteiger partial charge in [-0.2, -0.15) is 0 Å². The van der Waals surface area contributed by atoms with E-state index in [-0.39, 0.29) is 18.5 Å². The van der Waals surface area contributed by atoms with Crippen molar-refractivity contribution in [2.75, 3.05) is 17.1 Å². The van der Waals surface area contributed by atoms with E-state index in [1.807, 2.05) is 65.0 Å². The molecular weight excluding hydrogens is 438 g/mol. The van der Waals surface area contributed by atoms with Crippen LogP contribution < -0.4 is 9.62 Å². The summed E-state index contributed by atoms with van der Waals surface area (Å²) in [5, 5.41) is 2.84. The van der Waals surface area contributed by atoms with Crippen molar-refractivity contribution in [3.63, 3.8) is 0 Å². The quantitative estimate of drug-likeness (QED) is 0.605. The van der Waals surface area contributed by atoms with Crippen molar-refractivity contribution < 1.29 is 18.0 Å². The van der Waals surface area contributed by atoms with Crippen molar-refractivity contribution in [2.45, 2.75) is 60.2 Å². The fourth-order valence-corrected chi connectivity index (χ4v) is 4.38. The number of nitrogens with zero attached hydrogens (tertiary/aromatic N) is 2. The first-order valence-electron chi connectivity index (χ1n) is 11.0. The van der Waals surface area contributed by atoms with E-state index < -0.39 is 28.5 Å². The Bertz CT molecular complexity index is 1100. The molecule has 1 N–H and O–H groups in total. The van der Waals surface area contributed by atoms with Gasteiger partial charge in [-0.05, 0) is 64.3 Å². The van der Waals surface area contributed by atoms with Gasteiger partial charge >= 0.3 is 0 Å². The summed E-state index contributed by atoms with van der Waals surface area (Å²) < 4.78 is 26.5. The second kappa shape index (κ2) is 10.8. The van der Waals surface area contributed by atoms with Crippen LogP contribution in [0.2, 0.25) is 0 Å². The number of sulfonamides is 1. The van der Waals surface area contributed by atoms with Crippen LogP contribution in [-0.2, 0) is 26.2 Å². The highest BCUT2D eigenvalue weighted by atomic mass is 32.2. The minimum Gasteiger partial charge on any atom is -0.352 e. The molecule has 2 amide bonds. The van der Waals surface area contributed by atoms with Crippen molar-refractivity contribution in [1.82, 2.24) is 10.2 Å². The zero-order chi connectivity index (χ0) is 24.9. The van der Waals surface area contributed by atoms with E-state index in [4.69, 9.17) is 0 Å². The van der Waals surface area contributed by atoms with E-state index in [0.717, 1.165) is 32.8 Å². The minimum atomic E-state index is -3.74. The van der Waals surface area contributed by atoms with Crippen LogP contribution in [0.1, 0.15) is 43.0 Å². The number of carbonyl (C=O) groups excluding carboxylic acids is 2. The summed E-state index contributed by atoms with van der Waals surface area (Å²) in [7, 11) is -3.74. The number of carbonyl (C=O) groups is 2. The lowest BCUT2D eigenvalue weighted by atomic mass is 10.1. The molecule has 1 atom stereocenters. The molecular formula is C25H35N3O4S. The third-order valence-corrected chi connectivity index (χ3v) is 6.72. The predicted octanol–water partition coefficient (Wildman–Crippen LogP) is 3.32. The summed E-state index contributed by atoms with van der Waals surface area (Å²) in [6, 6.07) is 12.2. The van der Waals surface area contributed by atoms with E-state index in [0.29, 0.717) is 5.69 Å². The highest BCUT2D eigenvalue weighted by molar-refractivity contribution is 7.92. The zero-order valence-corrected chi connectivity index (χ0v) is 21.4. The summed E-state index contributed by atoms with van der Waals surface area (Å²) in [6.07, 6.45) is 1.08. The third-order valence-electron chi connectivity index (χ3n) is 5.60. The van der Waals surface area contributed by atoms with Gasteiger partial charge in [0.25, 0.3) is 0 Å². The summed E-state index contributed by atoms with van der Waals surface area (Å²) in [6.45, 7) is 10.8. The largest absolute Gasteiger partial charge is 0.352 e. The second-order valence-corrected chi connectivity index (χ2v) is 10.7. The fourth-order valence-electron chi connectivity index (χ4n) is 3.48. The Balaban J connectivity index is 2.43. The van der Waals surface area contributed by atoms with Crippen molar-refractivity contribution in [2.24, 2.45) is 0 Å².